The highest BCUT2D eigenvalue weighted by Crippen LogP contribution is 2.14. The highest BCUT2D eigenvalue weighted by atomic mass is 32.1. The average Bonchev–Trinajstić information content (AvgIpc) is 2.68. The quantitative estimate of drug-likeness (QED) is 0.586. The molecule has 1 heterocycles. The van der Waals surface area contributed by atoms with Crippen molar-refractivity contribution in [2.75, 3.05) is 6.54 Å². The van der Waals surface area contributed by atoms with E-state index in [1.54, 1.807) is 17.4 Å². The van der Waals surface area contributed by atoms with E-state index >= 15 is 0 Å². The standard InChI is InChI=1S/C10H11N3O2S/c1-7-2-3-8(16-7)6-13-10(15)9(14)12-5-4-11/h2-3H,5-6H2,1H3,(H,12,14)(H,13,15). The van der Waals surface area contributed by atoms with Crippen LogP contribution in [0.5, 0.6) is 0 Å². The van der Waals surface area contributed by atoms with Gasteiger partial charge in [-0.05, 0) is 19.1 Å². The van der Waals surface area contributed by atoms with Crippen LogP contribution >= 0.6 is 11.3 Å². The Bertz CT molecular complexity index is 434. The zero-order chi connectivity index (χ0) is 12.0. The molecule has 5 nitrogen and oxygen atoms in total. The first-order valence-corrected chi connectivity index (χ1v) is 5.43. The van der Waals surface area contributed by atoms with E-state index in [2.05, 4.69) is 10.6 Å². The van der Waals surface area contributed by atoms with Crippen molar-refractivity contribution in [3.8, 4) is 6.07 Å². The van der Waals surface area contributed by atoms with Gasteiger partial charge in [0.2, 0.25) is 0 Å². The SMILES string of the molecule is Cc1ccc(CNC(=O)C(=O)NCC#N)s1. The third-order valence-electron chi connectivity index (χ3n) is 1.75. The van der Waals surface area contributed by atoms with Crippen molar-refractivity contribution in [3.05, 3.63) is 21.9 Å². The molecule has 1 aromatic rings. The molecule has 0 aliphatic carbocycles. The zero-order valence-corrected chi connectivity index (χ0v) is 9.56. The largest absolute Gasteiger partial charge is 0.343 e. The monoisotopic (exact) mass is 237 g/mol. The molecule has 84 valence electrons. The maximum Gasteiger partial charge on any atom is 0.310 e. The lowest BCUT2D eigenvalue weighted by atomic mass is 10.4. The molecule has 6 heteroatoms. The number of hydrogen-bond donors (Lipinski definition) is 2. The Kier molecular flexibility index (Phi) is 4.48. The number of carbonyl (C=O) groups is 2. The number of amides is 2. The summed E-state index contributed by atoms with van der Waals surface area (Å²) < 4.78 is 0. The number of nitriles is 1. The van der Waals surface area contributed by atoms with Crippen molar-refractivity contribution in [3.63, 3.8) is 0 Å². The van der Waals surface area contributed by atoms with Gasteiger partial charge in [-0.25, -0.2) is 0 Å². The molecule has 1 aromatic heterocycles. The van der Waals surface area contributed by atoms with Crippen molar-refractivity contribution in [2.24, 2.45) is 0 Å². The first kappa shape index (κ1) is 12.2. The number of rotatable bonds is 3. The van der Waals surface area contributed by atoms with Gasteiger partial charge < -0.3 is 10.6 Å². The summed E-state index contributed by atoms with van der Waals surface area (Å²) in [5.41, 5.74) is 0. The van der Waals surface area contributed by atoms with Crippen LogP contribution in [0.1, 0.15) is 9.75 Å². The minimum Gasteiger partial charge on any atom is -0.343 e. The van der Waals surface area contributed by atoms with Gasteiger partial charge in [-0.15, -0.1) is 11.3 Å². The molecule has 16 heavy (non-hydrogen) atoms. The normalized spacial score (nSPS) is 9.25. The van der Waals surface area contributed by atoms with E-state index in [1.807, 2.05) is 19.1 Å². The fourth-order valence-corrected chi connectivity index (χ4v) is 1.86. The molecule has 0 unspecified atom stereocenters. The van der Waals surface area contributed by atoms with Crippen LogP contribution in [0.3, 0.4) is 0 Å². The lowest BCUT2D eigenvalue weighted by molar-refractivity contribution is -0.139. The molecule has 0 aliphatic heterocycles. The summed E-state index contributed by atoms with van der Waals surface area (Å²) in [4.78, 5) is 24.4. The predicted molar refractivity (Wildman–Crippen MR) is 59.5 cm³/mol. The van der Waals surface area contributed by atoms with Gasteiger partial charge >= 0.3 is 11.8 Å². The summed E-state index contributed by atoms with van der Waals surface area (Å²) in [7, 11) is 0. The maximum absolute atomic E-state index is 11.2. The third kappa shape index (κ3) is 3.71. The molecule has 0 fully saturated rings. The van der Waals surface area contributed by atoms with Crippen molar-refractivity contribution >= 4 is 23.2 Å². The van der Waals surface area contributed by atoms with Gasteiger partial charge in [0.05, 0.1) is 12.6 Å². The first-order chi connectivity index (χ1) is 7.63. The summed E-state index contributed by atoms with van der Waals surface area (Å²) in [5, 5.41) is 12.8. The van der Waals surface area contributed by atoms with Crippen LogP contribution in [-0.4, -0.2) is 18.4 Å². The molecule has 0 spiro atoms. The van der Waals surface area contributed by atoms with Gasteiger partial charge in [-0.3, -0.25) is 9.59 Å². The number of hydrogen-bond acceptors (Lipinski definition) is 4. The second-order valence-electron chi connectivity index (χ2n) is 3.04. The number of aryl methyl sites for hydroxylation is 1. The number of nitrogens with zero attached hydrogens (tertiary/aromatic N) is 1. The van der Waals surface area contributed by atoms with Crippen molar-refractivity contribution < 1.29 is 9.59 Å². The van der Waals surface area contributed by atoms with Gasteiger partial charge in [0.15, 0.2) is 0 Å². The van der Waals surface area contributed by atoms with Gasteiger partial charge in [0.1, 0.15) is 6.54 Å². The smallest absolute Gasteiger partial charge is 0.310 e. The number of thiophene rings is 1. The summed E-state index contributed by atoms with van der Waals surface area (Å²) in [6, 6.07) is 5.56. The lowest BCUT2D eigenvalue weighted by Crippen LogP contribution is -2.39. The van der Waals surface area contributed by atoms with Crippen molar-refractivity contribution in [2.45, 2.75) is 13.5 Å². The first-order valence-electron chi connectivity index (χ1n) is 4.62. The van der Waals surface area contributed by atoms with Crippen LogP contribution in [0.2, 0.25) is 0 Å². The van der Waals surface area contributed by atoms with E-state index in [-0.39, 0.29) is 6.54 Å². The van der Waals surface area contributed by atoms with E-state index in [4.69, 9.17) is 5.26 Å². The van der Waals surface area contributed by atoms with Crippen LogP contribution in [0, 0.1) is 18.3 Å². The Balaban J connectivity index is 2.35. The second kappa shape index (κ2) is 5.88. The Morgan fingerprint density at radius 2 is 2.06 bits per heavy atom. The predicted octanol–water partition coefficient (Wildman–Crippen LogP) is 0.312. The minimum absolute atomic E-state index is 0.162. The molecular weight excluding hydrogens is 226 g/mol. The highest BCUT2D eigenvalue weighted by molar-refractivity contribution is 7.11. The summed E-state index contributed by atoms with van der Waals surface area (Å²) in [6.07, 6.45) is 0. The van der Waals surface area contributed by atoms with E-state index in [1.165, 1.54) is 0 Å². The molecule has 2 amide bonds. The summed E-state index contributed by atoms with van der Waals surface area (Å²) in [5.74, 6) is -1.50. The number of carbonyl (C=O) groups excluding carboxylic acids is 2. The van der Waals surface area contributed by atoms with Crippen LogP contribution < -0.4 is 10.6 Å². The van der Waals surface area contributed by atoms with Crippen LogP contribution in [0.4, 0.5) is 0 Å². The molecule has 0 bridgehead atoms. The van der Waals surface area contributed by atoms with E-state index in [9.17, 15) is 9.59 Å². The van der Waals surface area contributed by atoms with E-state index < -0.39 is 11.8 Å². The molecule has 0 saturated heterocycles. The second-order valence-corrected chi connectivity index (χ2v) is 4.41. The third-order valence-corrected chi connectivity index (χ3v) is 2.75. The molecule has 0 atom stereocenters. The van der Waals surface area contributed by atoms with Gasteiger partial charge in [0.25, 0.3) is 0 Å². The van der Waals surface area contributed by atoms with Gasteiger partial charge in [0, 0.05) is 9.75 Å². The molecule has 0 aliphatic rings. The van der Waals surface area contributed by atoms with E-state index in [0.29, 0.717) is 6.54 Å². The number of nitrogens with one attached hydrogen (secondary N) is 2. The van der Waals surface area contributed by atoms with Crippen molar-refractivity contribution in [1.82, 2.24) is 10.6 Å². The van der Waals surface area contributed by atoms with Crippen LogP contribution in [0.25, 0.3) is 0 Å². The molecule has 0 saturated carbocycles. The minimum atomic E-state index is -0.783. The Morgan fingerprint density at radius 1 is 1.38 bits per heavy atom. The van der Waals surface area contributed by atoms with E-state index in [0.717, 1.165) is 9.75 Å². The Morgan fingerprint density at radius 3 is 2.62 bits per heavy atom. The van der Waals surface area contributed by atoms with Crippen LogP contribution in [0.15, 0.2) is 12.1 Å². The summed E-state index contributed by atoms with van der Waals surface area (Å²) in [6.45, 7) is 2.14. The van der Waals surface area contributed by atoms with Gasteiger partial charge in [-0.1, -0.05) is 0 Å². The zero-order valence-electron chi connectivity index (χ0n) is 8.74. The highest BCUT2D eigenvalue weighted by Gasteiger charge is 2.12. The lowest BCUT2D eigenvalue weighted by Gasteiger charge is -2.02. The Labute approximate surface area is 97.1 Å². The molecule has 0 aromatic carbocycles. The van der Waals surface area contributed by atoms with Crippen LogP contribution in [-0.2, 0) is 16.1 Å². The fourth-order valence-electron chi connectivity index (χ4n) is 1.03. The Hall–Kier alpha value is -1.87. The summed E-state index contributed by atoms with van der Waals surface area (Å²) >= 11 is 1.56. The molecule has 0 radical (unpaired) electrons. The molecule has 2 N–H and O–H groups in total. The topological polar surface area (TPSA) is 82.0 Å². The fraction of sp³-hybridized carbons (Fsp3) is 0.300. The molecule has 1 rings (SSSR count). The molecular formula is C10H11N3O2S. The maximum atomic E-state index is 11.2. The van der Waals surface area contributed by atoms with Gasteiger partial charge in [-0.2, -0.15) is 5.26 Å². The average molecular weight is 237 g/mol. The van der Waals surface area contributed by atoms with Crippen molar-refractivity contribution in [1.29, 1.82) is 5.26 Å².